The number of piperazine rings is 1. The molecule has 9 nitrogen and oxygen atoms in total. The lowest BCUT2D eigenvalue weighted by molar-refractivity contribution is -0.128. The highest BCUT2D eigenvalue weighted by Gasteiger charge is 2.34. The zero-order chi connectivity index (χ0) is 32.4. The summed E-state index contributed by atoms with van der Waals surface area (Å²) in [5.41, 5.74) is 0.518. The fourth-order valence-electron chi connectivity index (χ4n) is 5.85. The number of anilines is 2. The van der Waals surface area contributed by atoms with Gasteiger partial charge in [-0.3, -0.25) is 9.48 Å². The normalized spacial score (nSPS) is 19.8. The van der Waals surface area contributed by atoms with Crippen molar-refractivity contribution in [3.63, 3.8) is 0 Å². The highest BCUT2D eigenvalue weighted by Crippen LogP contribution is 2.36. The molecule has 6 rings (SSSR count). The van der Waals surface area contributed by atoms with E-state index in [1.807, 2.05) is 56.8 Å². The van der Waals surface area contributed by atoms with E-state index in [2.05, 4.69) is 40.5 Å². The van der Waals surface area contributed by atoms with E-state index in [1.54, 1.807) is 17.0 Å². The molecule has 11 heteroatoms. The number of benzene rings is 1. The fraction of sp³-hybridized carbons (Fsp3) is 0.471. The number of likely N-dealkylation sites (N-methyl/N-ethyl adjacent to an activating group) is 1. The molecule has 1 atom stereocenters. The molecule has 3 aliphatic rings. The number of allylic oxidation sites excluding steroid dienone is 2. The van der Waals surface area contributed by atoms with Crippen molar-refractivity contribution in [1.82, 2.24) is 29.5 Å². The summed E-state index contributed by atoms with van der Waals surface area (Å²) in [6, 6.07) is 2.40. The summed E-state index contributed by atoms with van der Waals surface area (Å²) in [4.78, 5) is 30.3. The summed E-state index contributed by atoms with van der Waals surface area (Å²) in [5, 5.41) is 7.18. The Morgan fingerprint density at radius 3 is 2.49 bits per heavy atom. The quantitative estimate of drug-likeness (QED) is 0.362. The first-order valence-electron chi connectivity index (χ1n) is 15.9. The average molecular weight is 635 g/mol. The second-order valence-corrected chi connectivity index (χ2v) is 12.3. The summed E-state index contributed by atoms with van der Waals surface area (Å²) in [7, 11) is 4.11. The Bertz CT molecular complexity index is 1720. The number of hydrogen-bond donors (Lipinski definition) is 0. The van der Waals surface area contributed by atoms with Crippen LogP contribution in [0.5, 0.6) is 0 Å². The van der Waals surface area contributed by atoms with Crippen molar-refractivity contribution < 1.29 is 9.18 Å². The van der Waals surface area contributed by atoms with Gasteiger partial charge in [0, 0.05) is 61.0 Å². The van der Waals surface area contributed by atoms with E-state index in [0.29, 0.717) is 48.9 Å². The third-order valence-corrected chi connectivity index (χ3v) is 8.97. The van der Waals surface area contributed by atoms with Crippen molar-refractivity contribution in [2.75, 3.05) is 56.6 Å². The maximum absolute atomic E-state index is 16.7. The van der Waals surface area contributed by atoms with E-state index in [1.165, 1.54) is 6.08 Å². The number of nitrogens with zero attached hydrogens (tertiary/aromatic N) is 8. The summed E-state index contributed by atoms with van der Waals surface area (Å²) in [6.07, 6.45) is 12.9. The standard InChI is InChI=1S/C32H38ClFN8O.C2H6/c1-6-8-9-21-16-35-42(22-10-11-22)27(21)15-24-26(33)14-25-30(29(24)34)36-32(40-18-23(19-40)38(4)5)37-31(25)39-12-13-41(20(3)17-39)28(43)7-2;1-2/h6-9,14-16,20,22-23H,2,10-13,17-19H2,1,3-5H3;1-2H3/b8-6+,21-9-,27-15-;. The first-order chi connectivity index (χ1) is 21.7. The Kier molecular flexibility index (Phi) is 9.94. The molecular formula is C34H44ClFN8O. The molecular weight excluding hydrogens is 591 g/mol. The lowest BCUT2D eigenvalue weighted by Gasteiger charge is -2.43. The van der Waals surface area contributed by atoms with Crippen LogP contribution in [0.2, 0.25) is 5.02 Å². The van der Waals surface area contributed by atoms with Gasteiger partial charge in [0.2, 0.25) is 11.9 Å². The summed E-state index contributed by atoms with van der Waals surface area (Å²) in [5.74, 6) is 0.547. The van der Waals surface area contributed by atoms with Gasteiger partial charge in [-0.1, -0.05) is 50.3 Å². The summed E-state index contributed by atoms with van der Waals surface area (Å²) < 4.78 is 18.7. The van der Waals surface area contributed by atoms with Crippen molar-refractivity contribution in [3.8, 4) is 0 Å². The van der Waals surface area contributed by atoms with Gasteiger partial charge in [-0.25, -0.2) is 9.37 Å². The molecule has 0 spiro atoms. The number of hydrogen-bond acceptors (Lipinski definition) is 7. The van der Waals surface area contributed by atoms with Crippen LogP contribution < -0.4 is 20.4 Å². The molecule has 3 fully saturated rings. The van der Waals surface area contributed by atoms with Gasteiger partial charge in [0.25, 0.3) is 0 Å². The van der Waals surface area contributed by atoms with Gasteiger partial charge in [0.15, 0.2) is 5.82 Å². The minimum absolute atomic E-state index is 0.0719. The van der Waals surface area contributed by atoms with Crippen LogP contribution >= 0.6 is 11.6 Å². The van der Waals surface area contributed by atoms with Gasteiger partial charge in [-0.15, -0.1) is 0 Å². The smallest absolute Gasteiger partial charge is 0.246 e. The molecule has 2 aromatic heterocycles. The molecule has 45 heavy (non-hydrogen) atoms. The first kappa shape index (κ1) is 32.6. The monoisotopic (exact) mass is 634 g/mol. The molecule has 1 aliphatic carbocycles. The average Bonchev–Trinajstić information content (AvgIpc) is 3.78. The molecule has 0 radical (unpaired) electrons. The van der Waals surface area contributed by atoms with Gasteiger partial charge < -0.3 is 19.6 Å². The third kappa shape index (κ3) is 6.49. The van der Waals surface area contributed by atoms with Crippen molar-refractivity contribution in [2.24, 2.45) is 0 Å². The van der Waals surface area contributed by atoms with Crippen molar-refractivity contribution in [3.05, 3.63) is 64.0 Å². The van der Waals surface area contributed by atoms with Crippen molar-refractivity contribution >= 4 is 52.3 Å². The predicted molar refractivity (Wildman–Crippen MR) is 182 cm³/mol. The number of fused-ring (bicyclic) bond motifs is 1. The van der Waals surface area contributed by atoms with Crippen LogP contribution in [0.25, 0.3) is 23.1 Å². The Morgan fingerprint density at radius 2 is 1.87 bits per heavy atom. The van der Waals surface area contributed by atoms with Gasteiger partial charge in [-0.05, 0) is 59.0 Å². The molecule has 0 N–H and O–H groups in total. The van der Waals surface area contributed by atoms with Crippen LogP contribution in [0.4, 0.5) is 16.2 Å². The molecule has 0 bridgehead atoms. The lowest BCUT2D eigenvalue weighted by atomic mass is 10.1. The zero-order valence-corrected chi connectivity index (χ0v) is 27.9. The molecule has 1 saturated carbocycles. The van der Waals surface area contributed by atoms with E-state index < -0.39 is 5.82 Å². The van der Waals surface area contributed by atoms with Crippen LogP contribution in [-0.2, 0) is 4.79 Å². The van der Waals surface area contributed by atoms with E-state index in [0.717, 1.165) is 36.5 Å². The number of rotatable bonds is 7. The molecule has 4 heterocycles. The number of amides is 1. The van der Waals surface area contributed by atoms with Crippen LogP contribution in [-0.4, -0.2) is 94.4 Å². The molecule has 1 unspecified atom stereocenters. The van der Waals surface area contributed by atoms with E-state index >= 15 is 4.39 Å². The minimum atomic E-state index is -0.480. The highest BCUT2D eigenvalue weighted by molar-refractivity contribution is 6.33. The molecule has 240 valence electrons. The SMILES string of the molecule is C=CC(=O)N1CCN(c2nc(N3CC(N(C)C)C3)nc3c(F)c(/C=c4/c(=C\C=C\C)cnn4C4CC4)c(Cl)cc23)CC1C.CC. The van der Waals surface area contributed by atoms with Crippen molar-refractivity contribution in [2.45, 2.75) is 58.7 Å². The molecule has 1 aromatic carbocycles. The molecule has 3 aromatic rings. The fourth-order valence-corrected chi connectivity index (χ4v) is 6.09. The summed E-state index contributed by atoms with van der Waals surface area (Å²) in [6.45, 7) is 14.7. The minimum Gasteiger partial charge on any atom is -0.352 e. The number of carbonyl (C=O) groups excluding carboxylic acids is 1. The Hall–Kier alpha value is -3.76. The van der Waals surface area contributed by atoms with E-state index in [4.69, 9.17) is 21.6 Å². The van der Waals surface area contributed by atoms with Gasteiger partial charge >= 0.3 is 0 Å². The molecule has 1 amide bonds. The van der Waals surface area contributed by atoms with Crippen LogP contribution in [0.1, 0.15) is 52.1 Å². The number of aromatic nitrogens is 4. The number of halogens is 2. The van der Waals surface area contributed by atoms with Crippen molar-refractivity contribution in [1.29, 1.82) is 0 Å². The van der Waals surface area contributed by atoms with E-state index in [-0.39, 0.29) is 28.1 Å². The van der Waals surface area contributed by atoms with Gasteiger partial charge in [0.1, 0.15) is 11.3 Å². The van der Waals surface area contributed by atoms with Gasteiger partial charge in [-0.2, -0.15) is 10.1 Å². The maximum atomic E-state index is 16.7. The second kappa shape index (κ2) is 13.7. The summed E-state index contributed by atoms with van der Waals surface area (Å²) >= 11 is 6.87. The predicted octanol–water partition coefficient (Wildman–Crippen LogP) is 4.14. The first-order valence-corrected chi connectivity index (χ1v) is 16.2. The van der Waals surface area contributed by atoms with Crippen LogP contribution in [0.3, 0.4) is 0 Å². The van der Waals surface area contributed by atoms with Gasteiger partial charge in [0.05, 0.1) is 22.6 Å². The molecule has 2 saturated heterocycles. The zero-order valence-electron chi connectivity index (χ0n) is 27.2. The Morgan fingerprint density at radius 1 is 1.13 bits per heavy atom. The van der Waals surface area contributed by atoms with Crippen LogP contribution in [0, 0.1) is 5.82 Å². The Balaban J connectivity index is 0.00000196. The topological polar surface area (TPSA) is 73.6 Å². The lowest BCUT2D eigenvalue weighted by Crippen LogP contribution is -2.58. The molecule has 2 aliphatic heterocycles. The largest absolute Gasteiger partial charge is 0.352 e. The number of carbonyl (C=O) groups is 1. The second-order valence-electron chi connectivity index (χ2n) is 11.9. The maximum Gasteiger partial charge on any atom is 0.246 e. The van der Waals surface area contributed by atoms with E-state index in [9.17, 15) is 4.79 Å². The Labute approximate surface area is 270 Å². The highest BCUT2D eigenvalue weighted by atomic mass is 35.5. The van der Waals surface area contributed by atoms with Crippen LogP contribution in [0.15, 0.2) is 37.1 Å². The third-order valence-electron chi connectivity index (χ3n) is 8.65.